The number of unbranched alkanes of at least 4 members (excludes halogenated alkanes) is 1. The second-order valence-corrected chi connectivity index (χ2v) is 4.14. The molecule has 0 saturated carbocycles. The van der Waals surface area contributed by atoms with Crippen molar-refractivity contribution in [1.82, 2.24) is 0 Å². The third-order valence-electron chi connectivity index (χ3n) is 2.91. The molecular formula is C14H26O. The van der Waals surface area contributed by atoms with E-state index in [0.29, 0.717) is 5.92 Å². The van der Waals surface area contributed by atoms with Crippen molar-refractivity contribution in [2.24, 2.45) is 5.92 Å². The van der Waals surface area contributed by atoms with Gasteiger partial charge in [0.05, 0.1) is 12.9 Å². The van der Waals surface area contributed by atoms with E-state index in [1.165, 1.54) is 24.8 Å². The molecule has 88 valence electrons. The van der Waals surface area contributed by atoms with E-state index in [9.17, 15) is 0 Å². The summed E-state index contributed by atoms with van der Waals surface area (Å²) in [7, 11) is 1.74. The van der Waals surface area contributed by atoms with Gasteiger partial charge in [-0.15, -0.1) is 0 Å². The number of rotatable bonds is 7. The molecule has 0 aliphatic carbocycles. The van der Waals surface area contributed by atoms with E-state index < -0.39 is 0 Å². The zero-order chi connectivity index (χ0) is 11.7. The van der Waals surface area contributed by atoms with E-state index in [1.54, 1.807) is 7.11 Å². The molecule has 0 aromatic heterocycles. The van der Waals surface area contributed by atoms with Crippen LogP contribution in [0.15, 0.2) is 23.5 Å². The van der Waals surface area contributed by atoms with Gasteiger partial charge in [0, 0.05) is 6.42 Å². The molecule has 1 unspecified atom stereocenters. The molecule has 0 rings (SSSR count). The maximum atomic E-state index is 5.23. The van der Waals surface area contributed by atoms with Crippen LogP contribution in [-0.2, 0) is 4.74 Å². The molecule has 0 N–H and O–H groups in total. The van der Waals surface area contributed by atoms with E-state index in [-0.39, 0.29) is 0 Å². The number of methoxy groups -OCH3 is 1. The van der Waals surface area contributed by atoms with E-state index in [1.807, 2.05) is 0 Å². The van der Waals surface area contributed by atoms with Crippen molar-refractivity contribution in [2.45, 2.75) is 53.4 Å². The molecule has 0 heterocycles. The zero-order valence-corrected chi connectivity index (χ0v) is 11.0. The van der Waals surface area contributed by atoms with Gasteiger partial charge in [-0.25, -0.2) is 0 Å². The highest BCUT2D eigenvalue weighted by molar-refractivity contribution is 5.15. The Balaban J connectivity index is 4.22. The van der Waals surface area contributed by atoms with Crippen LogP contribution >= 0.6 is 0 Å². The Morgan fingerprint density at radius 3 is 2.40 bits per heavy atom. The van der Waals surface area contributed by atoms with Crippen LogP contribution in [-0.4, -0.2) is 7.11 Å². The van der Waals surface area contributed by atoms with Crippen LogP contribution < -0.4 is 0 Å². The Kier molecular flexibility index (Phi) is 8.17. The lowest BCUT2D eigenvalue weighted by atomic mass is 9.96. The van der Waals surface area contributed by atoms with Gasteiger partial charge < -0.3 is 4.74 Å². The highest BCUT2D eigenvalue weighted by Crippen LogP contribution is 2.17. The van der Waals surface area contributed by atoms with Gasteiger partial charge in [0.25, 0.3) is 0 Å². The van der Waals surface area contributed by atoms with Crippen molar-refractivity contribution in [3.05, 3.63) is 23.5 Å². The minimum absolute atomic E-state index is 0.691. The molecule has 0 spiro atoms. The topological polar surface area (TPSA) is 9.23 Å². The Morgan fingerprint density at radius 2 is 1.93 bits per heavy atom. The number of hydrogen-bond acceptors (Lipinski definition) is 1. The van der Waals surface area contributed by atoms with Gasteiger partial charge in [0.2, 0.25) is 0 Å². The fraction of sp³-hybridized carbons (Fsp3) is 0.714. The van der Waals surface area contributed by atoms with Crippen LogP contribution in [0.1, 0.15) is 53.4 Å². The maximum Gasteiger partial charge on any atom is 0.0952 e. The van der Waals surface area contributed by atoms with E-state index in [4.69, 9.17) is 4.74 Å². The molecule has 1 nitrogen and oxygen atoms in total. The van der Waals surface area contributed by atoms with Gasteiger partial charge >= 0.3 is 0 Å². The first kappa shape index (κ1) is 14.3. The van der Waals surface area contributed by atoms with Crippen LogP contribution in [0.3, 0.4) is 0 Å². The van der Waals surface area contributed by atoms with Crippen LogP contribution in [0, 0.1) is 5.92 Å². The standard InChI is InChI=1S/C14H26O/c1-6-8-9-12(3)13(4)10-11-14(7-2)15-5/h10-12H,6-9H2,1-5H3/b13-10+,14-11+. The fourth-order valence-corrected chi connectivity index (χ4v) is 1.46. The number of hydrogen-bond donors (Lipinski definition) is 0. The summed E-state index contributed by atoms with van der Waals surface area (Å²) in [6, 6.07) is 0. The van der Waals surface area contributed by atoms with Crippen molar-refractivity contribution in [1.29, 1.82) is 0 Å². The maximum absolute atomic E-state index is 5.23. The molecule has 0 fully saturated rings. The second-order valence-electron chi connectivity index (χ2n) is 4.14. The van der Waals surface area contributed by atoms with Crippen molar-refractivity contribution >= 4 is 0 Å². The van der Waals surface area contributed by atoms with Gasteiger partial charge in [-0.1, -0.05) is 45.3 Å². The first-order valence-electron chi connectivity index (χ1n) is 6.07. The Hall–Kier alpha value is -0.720. The molecule has 1 atom stereocenters. The molecular weight excluding hydrogens is 184 g/mol. The fourth-order valence-electron chi connectivity index (χ4n) is 1.46. The van der Waals surface area contributed by atoms with Crippen molar-refractivity contribution in [3.8, 4) is 0 Å². The smallest absolute Gasteiger partial charge is 0.0952 e. The van der Waals surface area contributed by atoms with Gasteiger partial charge in [0.15, 0.2) is 0 Å². The minimum atomic E-state index is 0.691. The van der Waals surface area contributed by atoms with E-state index in [0.717, 1.165) is 12.2 Å². The van der Waals surface area contributed by atoms with Crippen LogP contribution in [0.2, 0.25) is 0 Å². The molecule has 0 amide bonds. The average Bonchev–Trinajstić information content (AvgIpc) is 2.26. The summed E-state index contributed by atoms with van der Waals surface area (Å²) >= 11 is 0. The first-order chi connectivity index (χ1) is 7.15. The third-order valence-corrected chi connectivity index (χ3v) is 2.91. The molecule has 0 aliphatic rings. The lowest BCUT2D eigenvalue weighted by molar-refractivity contribution is 0.281. The Morgan fingerprint density at radius 1 is 1.27 bits per heavy atom. The second kappa shape index (κ2) is 8.58. The number of ether oxygens (including phenoxy) is 1. The van der Waals surface area contributed by atoms with Crippen molar-refractivity contribution in [2.75, 3.05) is 7.11 Å². The van der Waals surface area contributed by atoms with Gasteiger partial charge in [-0.05, 0) is 25.3 Å². The number of allylic oxidation sites excluding steroid dienone is 4. The molecule has 0 aromatic carbocycles. The molecule has 0 aliphatic heterocycles. The highest BCUT2D eigenvalue weighted by Gasteiger charge is 2.02. The quantitative estimate of drug-likeness (QED) is 0.437. The Labute approximate surface area is 95.2 Å². The SMILES string of the molecule is CCCCC(C)/C(C)=C/C=C(\CC)OC. The summed E-state index contributed by atoms with van der Waals surface area (Å²) in [6.07, 6.45) is 9.15. The molecule has 0 aromatic rings. The summed E-state index contributed by atoms with van der Waals surface area (Å²) in [5, 5.41) is 0. The Bertz CT molecular complexity index is 207. The highest BCUT2D eigenvalue weighted by atomic mass is 16.5. The van der Waals surface area contributed by atoms with Crippen LogP contribution in [0.4, 0.5) is 0 Å². The minimum Gasteiger partial charge on any atom is -0.501 e. The molecule has 0 radical (unpaired) electrons. The summed E-state index contributed by atoms with van der Waals surface area (Å²) in [4.78, 5) is 0. The summed E-state index contributed by atoms with van der Waals surface area (Å²) in [5.74, 6) is 1.74. The lowest BCUT2D eigenvalue weighted by Crippen LogP contribution is -1.96. The van der Waals surface area contributed by atoms with Gasteiger partial charge in [-0.2, -0.15) is 0 Å². The largest absolute Gasteiger partial charge is 0.501 e. The predicted octanol–water partition coefficient (Wildman–Crippen LogP) is 4.70. The van der Waals surface area contributed by atoms with Crippen molar-refractivity contribution in [3.63, 3.8) is 0 Å². The van der Waals surface area contributed by atoms with Crippen molar-refractivity contribution < 1.29 is 4.74 Å². The van der Waals surface area contributed by atoms with Gasteiger partial charge in [0.1, 0.15) is 0 Å². The normalized spacial score (nSPS) is 15.3. The average molecular weight is 210 g/mol. The monoisotopic (exact) mass is 210 g/mol. The molecule has 0 saturated heterocycles. The van der Waals surface area contributed by atoms with E-state index >= 15 is 0 Å². The third kappa shape index (κ3) is 6.38. The summed E-state index contributed by atoms with van der Waals surface area (Å²) < 4.78 is 5.23. The lowest BCUT2D eigenvalue weighted by Gasteiger charge is -2.10. The van der Waals surface area contributed by atoms with Gasteiger partial charge in [-0.3, -0.25) is 0 Å². The zero-order valence-electron chi connectivity index (χ0n) is 11.0. The molecule has 15 heavy (non-hydrogen) atoms. The van der Waals surface area contributed by atoms with E-state index in [2.05, 4.69) is 39.8 Å². The first-order valence-corrected chi connectivity index (χ1v) is 6.07. The summed E-state index contributed by atoms with van der Waals surface area (Å²) in [6.45, 7) is 8.86. The molecule has 1 heteroatoms. The summed E-state index contributed by atoms with van der Waals surface area (Å²) in [5.41, 5.74) is 1.45. The van der Waals surface area contributed by atoms with Crippen LogP contribution in [0.5, 0.6) is 0 Å². The molecule has 0 bridgehead atoms. The predicted molar refractivity (Wildman–Crippen MR) is 67.8 cm³/mol. The van der Waals surface area contributed by atoms with Crippen LogP contribution in [0.25, 0.3) is 0 Å².